The molecule has 0 rings (SSSR count). The molecule has 11 atom stereocenters. The van der Waals surface area contributed by atoms with Gasteiger partial charge in [0.05, 0.1) is 0 Å². The van der Waals surface area contributed by atoms with E-state index >= 15 is 0 Å². The molecule has 0 aromatic carbocycles. The van der Waals surface area contributed by atoms with E-state index in [4.69, 9.17) is 191 Å². The molecule has 0 heterocycles. The van der Waals surface area contributed by atoms with Gasteiger partial charge in [-0.1, -0.05) is 0 Å². The standard InChI is InChI=1S/C24H62N4O9Si4.C20H53N3O9Si4.C13H38N2O8Si4.C12H35NO8Si4/c1-7-29-38(30-8-2,21-13-17-25)35-40(33-11-5,23-15-19-27)37-41(34-12-6,24-16-20-28)36-39(31-9-3,32-10-4)22-14-18-26;1-8-26-34(27-9-2,18-12-15-21)31-36(29-11-4,20-14-17-23)32-35(28-10-3,19-13-16-22)30-33(7,24-5)25-6;1-7-20-24(4,12-8-10-14)21-26(6,19-3)23-27(17,13-9-11-15)22-25(5,16)18-2;1-9-18-22(5,12-10-11-13)19-25(8,17-4)21-23(6,14)20-24(7,15-2)16-3/h7-28H2,1-6H3;8-23H2,1-7H3;16-17H,7-15H2,1-6H3;14H,9-13H2,1-8H3. The van der Waals surface area contributed by atoms with Crippen LogP contribution in [-0.2, 0) is 133 Å². The predicted molar refractivity (Wildman–Crippen MR) is 532 cm³/mol. The molecule has 0 aromatic rings. The highest BCUT2D eigenvalue weighted by molar-refractivity contribution is 6.87. The Morgan fingerprint density at radius 3 is 0.589 bits per heavy atom. The Kier molecular flexibility index (Phi) is 78.3. The molecule has 0 fully saturated rings. The minimum absolute atomic E-state index is 0.154. The van der Waals surface area contributed by atoms with Gasteiger partial charge in [0.15, 0.2) is 0 Å². The van der Waals surface area contributed by atoms with Crippen LogP contribution in [0, 0.1) is 0 Å². The molecule has 11 unspecified atom stereocenters. The van der Waals surface area contributed by atoms with Crippen LogP contribution in [0.4, 0.5) is 0 Å². The van der Waals surface area contributed by atoms with E-state index < -0.39 is 140 Å². The first kappa shape index (κ1) is 137. The summed E-state index contributed by atoms with van der Waals surface area (Å²) in [6.45, 7) is 45.9. The van der Waals surface area contributed by atoms with Crippen molar-refractivity contribution in [2.75, 3.05) is 194 Å². The van der Waals surface area contributed by atoms with E-state index in [1.807, 2.05) is 96.2 Å². The highest BCUT2D eigenvalue weighted by Crippen LogP contribution is 2.39. The van der Waals surface area contributed by atoms with Gasteiger partial charge in [0.1, 0.15) is 0 Å². The van der Waals surface area contributed by atoms with Crippen LogP contribution >= 0.6 is 0 Å². The zero-order chi connectivity index (χ0) is 99.6. The van der Waals surface area contributed by atoms with Crippen molar-refractivity contribution in [1.29, 1.82) is 0 Å². The lowest BCUT2D eigenvalue weighted by atomic mass is 10.5. The van der Waals surface area contributed by atoms with Gasteiger partial charge >= 0.3 is 140 Å². The Labute approximate surface area is 795 Å². The molecular formula is C69H188N10O34Si16. The zero-order valence-electron chi connectivity index (χ0n) is 84.5. The minimum atomic E-state index is -3.88. The van der Waals surface area contributed by atoms with Crippen molar-refractivity contribution < 1.29 is 148 Å². The van der Waals surface area contributed by atoms with Crippen LogP contribution in [0.1, 0.15) is 147 Å². The summed E-state index contributed by atoms with van der Waals surface area (Å²) in [4.78, 5) is 31.9. The van der Waals surface area contributed by atoms with E-state index in [9.17, 15) is 14.4 Å². The van der Waals surface area contributed by atoms with Crippen molar-refractivity contribution in [3.8, 4) is 0 Å². The van der Waals surface area contributed by atoms with Crippen molar-refractivity contribution in [2.45, 2.75) is 260 Å². The third-order valence-electron chi connectivity index (χ3n) is 18.5. The molecule has 0 aliphatic heterocycles. The quantitative estimate of drug-likeness (QED) is 0.0328. The fraction of sp³-hybridized carbons (Fsp3) is 1.00. The van der Waals surface area contributed by atoms with E-state index in [0.717, 1.165) is 12.8 Å². The summed E-state index contributed by atoms with van der Waals surface area (Å²) >= 11 is 0. The Balaban J connectivity index is -0.000000823. The summed E-state index contributed by atoms with van der Waals surface area (Å²) in [6.07, 6.45) is 6.43. The average molecular weight is 2150 g/mol. The Morgan fingerprint density at radius 2 is 0.364 bits per heavy atom. The van der Waals surface area contributed by atoms with Gasteiger partial charge in [-0.3, -0.25) is 0 Å². The molecule has 0 aromatic heterocycles. The lowest BCUT2D eigenvalue weighted by molar-refractivity contribution is 0.0330. The van der Waals surface area contributed by atoms with Crippen molar-refractivity contribution in [2.24, 2.45) is 57.3 Å². The number of rotatable bonds is 85. The van der Waals surface area contributed by atoms with Gasteiger partial charge in [-0.2, -0.15) is 0 Å². The molecular weight excluding hydrogens is 1960 g/mol. The minimum Gasteiger partial charge on any atom is -0.395 e. The van der Waals surface area contributed by atoms with Gasteiger partial charge in [0, 0.05) is 217 Å². The van der Waals surface area contributed by atoms with E-state index in [-0.39, 0.29) is 6.04 Å². The van der Waals surface area contributed by atoms with Gasteiger partial charge in [-0.05, 0) is 238 Å². The molecule has 0 aliphatic carbocycles. The van der Waals surface area contributed by atoms with E-state index in [2.05, 4.69) is 0 Å². The van der Waals surface area contributed by atoms with Gasteiger partial charge in [-0.15, -0.1) is 0 Å². The normalized spacial score (nSPS) is 17.8. The van der Waals surface area contributed by atoms with Crippen LogP contribution in [0.3, 0.4) is 0 Å². The summed E-state index contributed by atoms with van der Waals surface area (Å²) in [6, 6.07) is 4.88. The molecule has 60 heteroatoms. The lowest BCUT2D eigenvalue weighted by Crippen LogP contribution is -2.67. The van der Waals surface area contributed by atoms with E-state index in [1.165, 1.54) is 48.6 Å². The first-order valence-corrected chi connectivity index (χ1v) is 79.8. The Hall–Kier alpha value is 1.71. The van der Waals surface area contributed by atoms with Crippen LogP contribution in [0.15, 0.2) is 0 Å². The summed E-state index contributed by atoms with van der Waals surface area (Å²) in [5.41, 5.74) is 58.3. The van der Waals surface area contributed by atoms with Gasteiger partial charge in [0.25, 0.3) is 0 Å². The van der Waals surface area contributed by atoms with Crippen molar-refractivity contribution >= 4 is 140 Å². The van der Waals surface area contributed by atoms with E-state index in [0.29, 0.717) is 250 Å². The van der Waals surface area contributed by atoms with E-state index in [1.54, 1.807) is 40.4 Å². The summed E-state index contributed by atoms with van der Waals surface area (Å²) < 4.78 is 190. The van der Waals surface area contributed by atoms with Crippen molar-refractivity contribution in [3.05, 3.63) is 0 Å². The highest BCUT2D eigenvalue weighted by atomic mass is 28.5. The molecule has 782 valence electrons. The van der Waals surface area contributed by atoms with Gasteiger partial charge in [-0.25, -0.2) is 0 Å². The summed E-state index contributed by atoms with van der Waals surface area (Å²) in [7, 11) is -42.7. The third-order valence-corrected chi connectivity index (χ3v) is 76.2. The predicted octanol–water partition coefficient (Wildman–Crippen LogP) is 5.64. The maximum absolute atomic E-state index is 11.0. The number of nitrogens with two attached hydrogens (primary N) is 10. The monoisotopic (exact) mass is 2150 g/mol. The van der Waals surface area contributed by atoms with Crippen LogP contribution in [0.2, 0.25) is 113 Å². The maximum Gasteiger partial charge on any atom is 0.493 e. The second kappa shape index (κ2) is 73.7. The second-order valence-electron chi connectivity index (χ2n) is 29.8. The maximum atomic E-state index is 11.0. The first-order chi connectivity index (χ1) is 60.7. The van der Waals surface area contributed by atoms with Crippen LogP contribution < -0.4 is 57.3 Å². The Bertz CT molecular complexity index is 2620. The average Bonchev–Trinajstić information content (AvgIpc) is 0.711. The molecule has 0 saturated carbocycles. The molecule has 23 N–H and O–H groups in total. The molecule has 0 amide bonds. The van der Waals surface area contributed by atoms with Crippen molar-refractivity contribution in [1.82, 2.24) is 0 Å². The Morgan fingerprint density at radius 1 is 0.178 bits per heavy atom. The SMILES string of the molecule is CCO[Si](C)(CCCN)O[Si](C)(OC)O[Si](C)(O)O[Si](C)(OC)OC.CCO[Si](C)(CCCN)O[Si](C)(OC)O[Si](O)(CCCN)O[Si](C)(O)OC.CCO[Si](CCCN)(OCC)O[Si](CCCN)(OCC)O[Si](CCCN)(OCC)O[Si](C)(OC)OC.CCO[Si](CCCN)(OCC)O[Si](CCCN)(OCC)O[Si](CCCN)(OCC)O[Si](CCCN)(OCC)OCC. The number of hydrogen-bond donors (Lipinski definition) is 13. The smallest absolute Gasteiger partial charge is 0.395 e. The fourth-order valence-electron chi connectivity index (χ4n) is 12.7. The number of hydrogen-bond acceptors (Lipinski definition) is 44. The molecule has 0 spiro atoms. The van der Waals surface area contributed by atoms with Gasteiger partial charge < -0.3 is 205 Å². The molecule has 0 saturated heterocycles. The van der Waals surface area contributed by atoms with Crippen LogP contribution in [0.5, 0.6) is 0 Å². The topological polar surface area (TPSA) is 607 Å². The highest BCUT2D eigenvalue weighted by Gasteiger charge is 2.65. The molecule has 44 nitrogen and oxygen atoms in total. The van der Waals surface area contributed by atoms with Gasteiger partial charge in [0.2, 0.25) is 0 Å². The second-order valence-corrected chi connectivity index (χ2v) is 76.9. The molecule has 0 aliphatic rings. The fourth-order valence-corrected chi connectivity index (χ4v) is 72.8. The summed E-state index contributed by atoms with van der Waals surface area (Å²) in [5.74, 6) is 0. The van der Waals surface area contributed by atoms with Crippen LogP contribution in [0.25, 0.3) is 0 Å². The van der Waals surface area contributed by atoms with Crippen molar-refractivity contribution in [3.63, 3.8) is 0 Å². The summed E-state index contributed by atoms with van der Waals surface area (Å²) in [5, 5.41) is 0. The largest absolute Gasteiger partial charge is 0.493 e. The first-order valence-electron chi connectivity index (χ1n) is 45.9. The zero-order valence-corrected chi connectivity index (χ0v) is 100. The molecule has 0 radical (unpaired) electrons. The lowest BCUT2D eigenvalue weighted by Gasteiger charge is -2.44. The molecule has 129 heavy (non-hydrogen) atoms. The van der Waals surface area contributed by atoms with Crippen LogP contribution in [-0.4, -0.2) is 349 Å². The third kappa shape index (κ3) is 57.0. The molecule has 0 bridgehead atoms.